The molecule has 4 aromatic rings. The van der Waals surface area contributed by atoms with E-state index in [2.05, 4.69) is 61.2 Å². The Morgan fingerprint density at radius 1 is 1.02 bits per heavy atom. The van der Waals surface area contributed by atoms with Gasteiger partial charge in [0.2, 0.25) is 5.82 Å². The molecule has 236 valence electrons. The molecule has 7 rings (SSSR count). The van der Waals surface area contributed by atoms with Crippen LogP contribution in [0.15, 0.2) is 71.7 Å². The second-order valence-corrected chi connectivity index (χ2v) is 13.1. The number of aromatic amines is 1. The summed E-state index contributed by atoms with van der Waals surface area (Å²) in [7, 11) is 0. The van der Waals surface area contributed by atoms with E-state index < -0.39 is 22.8 Å². The van der Waals surface area contributed by atoms with E-state index in [1.807, 2.05) is 6.07 Å². The van der Waals surface area contributed by atoms with Gasteiger partial charge in [-0.3, -0.25) is 10.7 Å². The minimum Gasteiger partial charge on any atom is -0.454 e. The van der Waals surface area contributed by atoms with Crippen LogP contribution in [0.25, 0.3) is 10.9 Å². The number of ether oxygens (including phenoxy) is 1. The fraction of sp³-hybridized carbons (Fsp3) is 0.353. The molecular formula is C34H40F2N8O. The van der Waals surface area contributed by atoms with Crippen molar-refractivity contribution in [3.8, 4) is 11.5 Å². The molecule has 45 heavy (non-hydrogen) atoms. The highest BCUT2D eigenvalue weighted by molar-refractivity contribution is 6.01. The zero-order chi connectivity index (χ0) is 32.1. The Hall–Kier alpha value is -4.48. The lowest BCUT2D eigenvalue weighted by molar-refractivity contribution is 0.177. The number of amidine groups is 1. The fourth-order valence-electron chi connectivity index (χ4n) is 6.31. The van der Waals surface area contributed by atoms with Crippen LogP contribution in [0, 0.1) is 24.0 Å². The Bertz CT molecular complexity index is 1830. The Morgan fingerprint density at radius 3 is 2.53 bits per heavy atom. The van der Waals surface area contributed by atoms with Gasteiger partial charge < -0.3 is 25.8 Å². The van der Waals surface area contributed by atoms with Gasteiger partial charge in [-0.15, -0.1) is 0 Å². The van der Waals surface area contributed by atoms with Gasteiger partial charge in [-0.1, -0.05) is 56.5 Å². The third kappa shape index (κ3) is 5.40. The number of halogens is 2. The van der Waals surface area contributed by atoms with Gasteiger partial charge in [-0.25, -0.2) is 15.2 Å². The molecule has 0 spiro atoms. The minimum absolute atomic E-state index is 0.00835. The summed E-state index contributed by atoms with van der Waals surface area (Å²) in [5.74, 6) is 3.61. The van der Waals surface area contributed by atoms with Crippen LogP contribution in [0.2, 0.25) is 0 Å². The van der Waals surface area contributed by atoms with E-state index in [4.69, 9.17) is 27.0 Å². The number of aryl methyl sites for hydroxylation is 1. The molecule has 3 aliphatic heterocycles. The maximum absolute atomic E-state index is 15.6. The molecule has 2 aromatic carbocycles. The van der Waals surface area contributed by atoms with E-state index in [1.165, 1.54) is 11.2 Å². The number of aromatic nitrogens is 2. The average Bonchev–Trinajstić information content (AvgIpc) is 3.48. The van der Waals surface area contributed by atoms with Gasteiger partial charge in [0.15, 0.2) is 23.2 Å². The lowest BCUT2D eigenvalue weighted by atomic mass is 9.70. The number of benzene rings is 2. The number of hydrogen-bond donors (Lipinski definition) is 5. The van der Waals surface area contributed by atoms with Gasteiger partial charge in [0, 0.05) is 46.7 Å². The normalized spacial score (nSPS) is 24.8. The Balaban J connectivity index is 1.47. The van der Waals surface area contributed by atoms with Gasteiger partial charge >= 0.3 is 0 Å². The van der Waals surface area contributed by atoms with Crippen LogP contribution in [0.1, 0.15) is 68.8 Å². The van der Waals surface area contributed by atoms with Crippen molar-refractivity contribution in [2.75, 3.05) is 0 Å². The highest BCUT2D eigenvalue weighted by Crippen LogP contribution is 2.43. The number of pyridine rings is 1. The Morgan fingerprint density at radius 2 is 1.78 bits per heavy atom. The number of allylic oxidation sites excluding steroid dienone is 1. The third-order valence-electron chi connectivity index (χ3n) is 9.40. The van der Waals surface area contributed by atoms with Crippen molar-refractivity contribution >= 4 is 16.7 Å². The zero-order valence-corrected chi connectivity index (χ0v) is 26.0. The van der Waals surface area contributed by atoms with E-state index in [1.54, 1.807) is 30.6 Å². The van der Waals surface area contributed by atoms with Crippen molar-refractivity contribution in [1.29, 1.82) is 0 Å². The van der Waals surface area contributed by atoms with E-state index >= 15 is 8.78 Å². The second kappa shape index (κ2) is 11.1. The van der Waals surface area contributed by atoms with Gasteiger partial charge in [-0.2, -0.15) is 4.39 Å². The average molecular weight is 615 g/mol. The van der Waals surface area contributed by atoms with Crippen LogP contribution >= 0.6 is 0 Å². The standard InChI is InChI=1S/C34H40F2N8O/c1-20-8-7-9-21(16-20)33(4)13-6-5-12-32(2,3)26(37)19-44(39)18-24-23-11-15-41-29(23)27(35)28(36)30(24)45-22-10-14-40-25(17-22)31-42-34(33,38)43-31/h7-11,14-17,19,41H,5-6,12-13,18,37-39H2,1-4H3,(H,42,43)/b26-19-/t33-/m1/s1. The summed E-state index contributed by atoms with van der Waals surface area (Å²) in [5, 5.41) is 5.22. The van der Waals surface area contributed by atoms with Gasteiger partial charge in [-0.05, 0) is 44.4 Å². The molecule has 0 amide bonds. The first-order valence-electron chi connectivity index (χ1n) is 15.2. The SMILES string of the molecule is Cc1cccc([C@@]2(C)CCCCC(C)(C)/C(N)=C/N(N)Cc3c(c(F)c(F)c4[nH]ccc34)Oc3ccnc(c3)C3=N[C@]2(N)N3)c1. The second-order valence-electron chi connectivity index (χ2n) is 13.1. The number of H-pyrrole nitrogens is 1. The molecule has 11 heteroatoms. The van der Waals surface area contributed by atoms with Crippen LogP contribution < -0.4 is 27.4 Å². The van der Waals surface area contributed by atoms with Crippen molar-refractivity contribution in [3.05, 3.63) is 101 Å². The number of nitrogens with zero attached hydrogens (tertiary/aromatic N) is 3. The summed E-state index contributed by atoms with van der Waals surface area (Å²) in [6, 6.07) is 13.2. The van der Waals surface area contributed by atoms with Gasteiger partial charge in [0.1, 0.15) is 11.4 Å². The van der Waals surface area contributed by atoms with Crippen LogP contribution in [0.5, 0.6) is 11.5 Å². The van der Waals surface area contributed by atoms with E-state index in [0.717, 1.165) is 36.8 Å². The number of hydrazine groups is 1. The molecule has 0 aliphatic carbocycles. The molecule has 2 aromatic heterocycles. The van der Waals surface area contributed by atoms with Crippen LogP contribution in [0.3, 0.4) is 0 Å². The van der Waals surface area contributed by atoms with Gasteiger partial charge in [0.05, 0.1) is 17.5 Å². The van der Waals surface area contributed by atoms with Crippen LogP contribution in [-0.4, -0.2) is 26.6 Å². The summed E-state index contributed by atoms with van der Waals surface area (Å²) in [5.41, 5.74) is 16.3. The summed E-state index contributed by atoms with van der Waals surface area (Å²) in [6.07, 6.45) is 8.05. The largest absolute Gasteiger partial charge is 0.454 e. The molecule has 0 saturated heterocycles. The molecule has 5 heterocycles. The Kier molecular flexibility index (Phi) is 7.57. The van der Waals surface area contributed by atoms with Crippen LogP contribution in [0.4, 0.5) is 8.78 Å². The smallest absolute Gasteiger partial charge is 0.203 e. The Labute approximate surface area is 261 Å². The zero-order valence-electron chi connectivity index (χ0n) is 26.0. The number of nitrogens with two attached hydrogens (primary N) is 3. The molecule has 0 saturated carbocycles. The number of fused-ring (bicyclic) bond motifs is 9. The molecule has 3 aliphatic rings. The summed E-state index contributed by atoms with van der Waals surface area (Å²) >= 11 is 0. The van der Waals surface area contributed by atoms with E-state index in [0.29, 0.717) is 28.2 Å². The predicted molar refractivity (Wildman–Crippen MR) is 172 cm³/mol. The molecule has 0 unspecified atom stereocenters. The highest BCUT2D eigenvalue weighted by Gasteiger charge is 2.52. The monoisotopic (exact) mass is 614 g/mol. The first kappa shape index (κ1) is 30.5. The number of nitrogens with one attached hydrogen (secondary N) is 2. The number of hydrogen-bond acceptors (Lipinski definition) is 8. The highest BCUT2D eigenvalue weighted by atomic mass is 19.2. The molecule has 2 atom stereocenters. The predicted octanol–water partition coefficient (Wildman–Crippen LogP) is 5.94. The van der Waals surface area contributed by atoms with Crippen molar-refractivity contribution < 1.29 is 13.5 Å². The molecule has 8 N–H and O–H groups in total. The summed E-state index contributed by atoms with van der Waals surface area (Å²) in [6.45, 7) is 8.34. The van der Waals surface area contributed by atoms with E-state index in [9.17, 15) is 0 Å². The third-order valence-corrected chi connectivity index (χ3v) is 9.40. The summed E-state index contributed by atoms with van der Waals surface area (Å²) < 4.78 is 36.9. The first-order chi connectivity index (χ1) is 21.3. The number of aliphatic imine (C=N–C) groups is 1. The molecular weight excluding hydrogens is 574 g/mol. The lowest BCUT2D eigenvalue weighted by Gasteiger charge is -2.50. The van der Waals surface area contributed by atoms with Crippen molar-refractivity contribution in [1.82, 2.24) is 20.3 Å². The minimum atomic E-state index is -1.14. The van der Waals surface area contributed by atoms with Crippen LogP contribution in [-0.2, 0) is 12.0 Å². The molecule has 4 bridgehead atoms. The maximum Gasteiger partial charge on any atom is 0.203 e. The van der Waals surface area contributed by atoms with Crippen molar-refractivity contribution in [2.45, 2.75) is 71.1 Å². The molecule has 0 radical (unpaired) electrons. The lowest BCUT2D eigenvalue weighted by Crippen LogP contribution is -2.72. The maximum atomic E-state index is 15.6. The van der Waals surface area contributed by atoms with Crippen molar-refractivity contribution in [3.63, 3.8) is 0 Å². The van der Waals surface area contributed by atoms with Gasteiger partial charge in [0.25, 0.3) is 0 Å². The molecule has 9 nitrogen and oxygen atoms in total. The van der Waals surface area contributed by atoms with E-state index in [-0.39, 0.29) is 29.0 Å². The summed E-state index contributed by atoms with van der Waals surface area (Å²) in [4.78, 5) is 12.1. The number of rotatable bonds is 1. The quantitative estimate of drug-likeness (QED) is 0.167. The van der Waals surface area contributed by atoms with Crippen molar-refractivity contribution in [2.24, 2.45) is 27.7 Å². The first-order valence-corrected chi connectivity index (χ1v) is 15.2. The molecule has 0 fully saturated rings. The fourth-order valence-corrected chi connectivity index (χ4v) is 6.31. The topological polar surface area (TPSA) is 144 Å².